The lowest BCUT2D eigenvalue weighted by Gasteiger charge is -2.09. The number of amides is 2. The Morgan fingerprint density at radius 1 is 1.14 bits per heavy atom. The van der Waals surface area contributed by atoms with Gasteiger partial charge in [0, 0.05) is 23.0 Å². The number of hydrogen-bond donors (Lipinski definition) is 3. The smallest absolute Gasteiger partial charge is 0.248 e. The Bertz CT molecular complexity index is 667. The molecule has 2 rings (SSSR count). The van der Waals surface area contributed by atoms with E-state index in [4.69, 9.17) is 11.5 Å². The summed E-state index contributed by atoms with van der Waals surface area (Å²) >= 11 is 0. The first-order valence-electron chi connectivity index (χ1n) is 6.23. The van der Waals surface area contributed by atoms with Gasteiger partial charge in [-0.1, -0.05) is 0 Å². The molecule has 7 nitrogen and oxygen atoms in total. The van der Waals surface area contributed by atoms with Gasteiger partial charge in [-0.05, 0) is 31.2 Å². The van der Waals surface area contributed by atoms with Crippen molar-refractivity contribution in [2.24, 2.45) is 11.5 Å². The monoisotopic (exact) mass is 285 g/mol. The van der Waals surface area contributed by atoms with Gasteiger partial charge in [-0.25, -0.2) is 9.97 Å². The van der Waals surface area contributed by atoms with E-state index < -0.39 is 11.8 Å². The summed E-state index contributed by atoms with van der Waals surface area (Å²) in [6.07, 6.45) is 1.66. The van der Waals surface area contributed by atoms with Crippen molar-refractivity contribution in [1.29, 1.82) is 0 Å². The van der Waals surface area contributed by atoms with E-state index in [2.05, 4.69) is 15.3 Å². The van der Waals surface area contributed by atoms with Crippen LogP contribution >= 0.6 is 0 Å². The van der Waals surface area contributed by atoms with Crippen molar-refractivity contribution in [3.05, 3.63) is 53.1 Å². The number of anilines is 1. The van der Waals surface area contributed by atoms with E-state index in [0.29, 0.717) is 18.1 Å². The molecule has 2 aromatic rings. The van der Waals surface area contributed by atoms with E-state index in [0.717, 1.165) is 5.69 Å². The number of hydrogen-bond acceptors (Lipinski definition) is 5. The standard InChI is InChI=1S/C14H15N5O2/c1-8-17-3-2-11(19-8)7-18-12-5-9(13(15)20)4-10(6-12)14(16)21/h2-6,18H,7H2,1H3,(H2,15,20)(H2,16,21). The highest BCUT2D eigenvalue weighted by molar-refractivity contribution is 5.99. The number of nitrogens with zero attached hydrogens (tertiary/aromatic N) is 2. The predicted octanol–water partition coefficient (Wildman–Crippen LogP) is 0.595. The van der Waals surface area contributed by atoms with Crippen LogP contribution in [0.3, 0.4) is 0 Å². The average Bonchev–Trinajstić information content (AvgIpc) is 2.45. The van der Waals surface area contributed by atoms with Crippen LogP contribution in [-0.2, 0) is 6.54 Å². The summed E-state index contributed by atoms with van der Waals surface area (Å²) in [6, 6.07) is 6.25. The Morgan fingerprint density at radius 3 is 2.29 bits per heavy atom. The van der Waals surface area contributed by atoms with Crippen LogP contribution in [0.15, 0.2) is 30.5 Å². The van der Waals surface area contributed by atoms with Crippen LogP contribution < -0.4 is 16.8 Å². The van der Waals surface area contributed by atoms with E-state index in [-0.39, 0.29) is 11.1 Å². The molecule has 2 amide bonds. The second-order valence-electron chi connectivity index (χ2n) is 4.48. The third-order valence-corrected chi connectivity index (χ3v) is 2.81. The highest BCUT2D eigenvalue weighted by Gasteiger charge is 2.09. The van der Waals surface area contributed by atoms with E-state index >= 15 is 0 Å². The molecule has 0 aliphatic rings. The zero-order valence-electron chi connectivity index (χ0n) is 11.5. The molecule has 1 aromatic carbocycles. The van der Waals surface area contributed by atoms with Crippen LogP contribution in [0.5, 0.6) is 0 Å². The highest BCUT2D eigenvalue weighted by atomic mass is 16.1. The first-order chi connectivity index (χ1) is 9.95. The molecular weight excluding hydrogens is 270 g/mol. The van der Waals surface area contributed by atoms with E-state index in [9.17, 15) is 9.59 Å². The number of rotatable bonds is 5. The Hall–Kier alpha value is -2.96. The Balaban J connectivity index is 2.23. The number of aryl methyl sites for hydroxylation is 1. The molecule has 0 aliphatic heterocycles. The summed E-state index contributed by atoms with van der Waals surface area (Å²) in [5, 5.41) is 3.07. The fourth-order valence-electron chi connectivity index (χ4n) is 1.81. The van der Waals surface area contributed by atoms with Gasteiger partial charge >= 0.3 is 0 Å². The average molecular weight is 285 g/mol. The highest BCUT2D eigenvalue weighted by Crippen LogP contribution is 2.15. The summed E-state index contributed by atoms with van der Waals surface area (Å²) in [7, 11) is 0. The van der Waals surface area contributed by atoms with Crippen molar-refractivity contribution in [2.45, 2.75) is 13.5 Å². The van der Waals surface area contributed by atoms with E-state index in [1.54, 1.807) is 31.3 Å². The van der Waals surface area contributed by atoms with Crippen LogP contribution in [0.4, 0.5) is 5.69 Å². The van der Waals surface area contributed by atoms with Crippen LogP contribution in [0.25, 0.3) is 0 Å². The van der Waals surface area contributed by atoms with Gasteiger partial charge in [-0.3, -0.25) is 9.59 Å². The first-order valence-corrected chi connectivity index (χ1v) is 6.23. The number of carbonyl (C=O) groups is 2. The van der Waals surface area contributed by atoms with Crippen molar-refractivity contribution < 1.29 is 9.59 Å². The molecule has 0 radical (unpaired) electrons. The lowest BCUT2D eigenvalue weighted by atomic mass is 10.1. The van der Waals surface area contributed by atoms with Crippen molar-refractivity contribution in [2.75, 3.05) is 5.32 Å². The van der Waals surface area contributed by atoms with Crippen LogP contribution in [0.2, 0.25) is 0 Å². The van der Waals surface area contributed by atoms with Gasteiger partial charge in [0.1, 0.15) is 5.82 Å². The molecule has 0 saturated heterocycles. The van der Waals surface area contributed by atoms with Gasteiger partial charge in [0.2, 0.25) is 11.8 Å². The second-order valence-corrected chi connectivity index (χ2v) is 4.48. The minimum atomic E-state index is -0.626. The van der Waals surface area contributed by atoms with Crippen molar-refractivity contribution in [3.8, 4) is 0 Å². The van der Waals surface area contributed by atoms with Crippen LogP contribution in [0.1, 0.15) is 32.2 Å². The molecule has 0 saturated carbocycles. The third kappa shape index (κ3) is 3.75. The van der Waals surface area contributed by atoms with Gasteiger partial charge in [0.15, 0.2) is 0 Å². The zero-order valence-corrected chi connectivity index (χ0v) is 11.5. The number of carbonyl (C=O) groups excluding carboxylic acids is 2. The summed E-state index contributed by atoms with van der Waals surface area (Å²) in [5.41, 5.74) is 12.3. The van der Waals surface area contributed by atoms with Gasteiger partial charge in [-0.15, -0.1) is 0 Å². The van der Waals surface area contributed by atoms with Gasteiger partial charge in [0.25, 0.3) is 0 Å². The number of nitrogens with one attached hydrogen (secondary N) is 1. The summed E-state index contributed by atoms with van der Waals surface area (Å²) < 4.78 is 0. The molecule has 0 aliphatic carbocycles. The summed E-state index contributed by atoms with van der Waals surface area (Å²) in [6.45, 7) is 2.21. The maximum atomic E-state index is 11.3. The molecule has 0 fully saturated rings. The number of primary amides is 2. The molecule has 1 aromatic heterocycles. The third-order valence-electron chi connectivity index (χ3n) is 2.81. The number of nitrogens with two attached hydrogens (primary N) is 2. The summed E-state index contributed by atoms with van der Waals surface area (Å²) in [5.74, 6) is -0.587. The normalized spacial score (nSPS) is 10.1. The molecule has 108 valence electrons. The maximum absolute atomic E-state index is 11.3. The minimum Gasteiger partial charge on any atom is -0.379 e. The molecule has 5 N–H and O–H groups in total. The van der Waals surface area contributed by atoms with Crippen molar-refractivity contribution >= 4 is 17.5 Å². The number of aromatic nitrogens is 2. The molecule has 21 heavy (non-hydrogen) atoms. The van der Waals surface area contributed by atoms with Gasteiger partial charge in [-0.2, -0.15) is 0 Å². The van der Waals surface area contributed by atoms with Crippen LogP contribution in [0, 0.1) is 6.92 Å². The second kappa shape index (κ2) is 6.00. The SMILES string of the molecule is Cc1nccc(CNc2cc(C(N)=O)cc(C(N)=O)c2)n1. The maximum Gasteiger partial charge on any atom is 0.248 e. The van der Waals surface area contributed by atoms with Gasteiger partial charge in [0.05, 0.1) is 12.2 Å². The summed E-state index contributed by atoms with van der Waals surface area (Å²) in [4.78, 5) is 30.8. The lowest BCUT2D eigenvalue weighted by molar-refractivity contribution is 0.0999. The Morgan fingerprint density at radius 2 is 1.76 bits per heavy atom. The number of benzene rings is 1. The van der Waals surface area contributed by atoms with E-state index in [1.807, 2.05) is 0 Å². The Labute approximate surface area is 121 Å². The largest absolute Gasteiger partial charge is 0.379 e. The lowest BCUT2D eigenvalue weighted by Crippen LogP contribution is -2.16. The molecule has 0 spiro atoms. The Kier molecular flexibility index (Phi) is 4.13. The van der Waals surface area contributed by atoms with Crippen LogP contribution in [-0.4, -0.2) is 21.8 Å². The molecule has 7 heteroatoms. The molecule has 0 atom stereocenters. The fourth-order valence-corrected chi connectivity index (χ4v) is 1.81. The zero-order chi connectivity index (χ0) is 15.4. The van der Waals surface area contributed by atoms with Crippen molar-refractivity contribution in [3.63, 3.8) is 0 Å². The van der Waals surface area contributed by atoms with E-state index in [1.165, 1.54) is 6.07 Å². The minimum absolute atomic E-state index is 0.215. The quantitative estimate of drug-likeness (QED) is 0.741. The first kappa shape index (κ1) is 14.4. The topological polar surface area (TPSA) is 124 Å². The van der Waals surface area contributed by atoms with Crippen molar-refractivity contribution in [1.82, 2.24) is 9.97 Å². The predicted molar refractivity (Wildman–Crippen MR) is 77.6 cm³/mol. The fraction of sp³-hybridized carbons (Fsp3) is 0.143. The van der Waals surface area contributed by atoms with Gasteiger partial charge < -0.3 is 16.8 Å². The molecular formula is C14H15N5O2. The molecule has 1 heterocycles. The molecule has 0 bridgehead atoms. The molecule has 0 unspecified atom stereocenters.